The molecule has 0 amide bonds. The number of aliphatic hydroxyl groups excluding tert-OH is 2. The number of nitrogen functional groups attached to an aromatic ring is 1. The van der Waals surface area contributed by atoms with Crippen molar-refractivity contribution in [3.05, 3.63) is 77.2 Å². The molecule has 6 N–H and O–H groups in total. The van der Waals surface area contributed by atoms with Gasteiger partial charge >= 0.3 is 7.82 Å². The normalized spacial score (nSPS) is 37.6. The molecule has 0 radical (unpaired) electrons. The number of aliphatic hydroxyl groups is 2. The Morgan fingerprint density at radius 2 is 2.02 bits per heavy atom. The molecule has 47 heavy (non-hydrogen) atoms. The van der Waals surface area contributed by atoms with Gasteiger partial charge < -0.3 is 39.8 Å². The summed E-state index contributed by atoms with van der Waals surface area (Å²) in [7, 11) is -4.97. The van der Waals surface area contributed by atoms with Crippen LogP contribution in [0.1, 0.15) is 62.5 Å². The first-order valence-electron chi connectivity index (χ1n) is 16.0. The molecule has 0 spiro atoms. The van der Waals surface area contributed by atoms with Gasteiger partial charge in [-0.25, -0.2) is 4.57 Å². The van der Waals surface area contributed by atoms with Crippen LogP contribution in [0.25, 0.3) is 0 Å². The van der Waals surface area contributed by atoms with Crippen LogP contribution in [0.4, 0.5) is 5.69 Å². The van der Waals surface area contributed by atoms with Gasteiger partial charge in [0.1, 0.15) is 6.61 Å². The number of ketones is 2. The van der Waals surface area contributed by atoms with E-state index in [9.17, 15) is 34.2 Å². The van der Waals surface area contributed by atoms with E-state index in [2.05, 4.69) is 6.92 Å². The topological polar surface area (TPSA) is 191 Å². The van der Waals surface area contributed by atoms with Crippen LogP contribution in [0.5, 0.6) is 0 Å². The number of aromatic nitrogens is 1. The minimum Gasteiger partial charge on any atom is -0.398 e. The van der Waals surface area contributed by atoms with Crippen LogP contribution >= 0.6 is 7.82 Å². The van der Waals surface area contributed by atoms with Crippen molar-refractivity contribution in [2.75, 3.05) is 12.3 Å². The van der Waals surface area contributed by atoms with Crippen molar-refractivity contribution in [1.82, 2.24) is 4.57 Å². The summed E-state index contributed by atoms with van der Waals surface area (Å²) < 4.78 is 31.6. The highest BCUT2D eigenvalue weighted by atomic mass is 31.2. The molecular weight excluding hydrogens is 627 g/mol. The SMILES string of the molecule is C[C@]12C=CC(=O)C=C1CC[C@@H]1[C@@H]2[C@@H](O)C[C@@]2(C)[C@H]1C[C@H]1O[C@@H](c3ccn(Cc4ccc(CO)c(N)c4)c3)O[C@]12C(=O)COP(=O)(O)O. The van der Waals surface area contributed by atoms with E-state index in [0.717, 1.165) is 17.6 Å². The summed E-state index contributed by atoms with van der Waals surface area (Å²) in [5.41, 5.74) is 6.72. The highest BCUT2D eigenvalue weighted by Gasteiger charge is 2.76. The number of nitrogens with zero attached hydrogens (tertiary/aromatic N) is 1. The fourth-order valence-electron chi connectivity index (χ4n) is 9.76. The molecule has 1 aromatic carbocycles. The number of allylic oxidation sites excluding steroid dienone is 4. The maximum absolute atomic E-state index is 14.2. The smallest absolute Gasteiger partial charge is 0.398 e. The lowest BCUT2D eigenvalue weighted by atomic mass is 9.46. The van der Waals surface area contributed by atoms with E-state index < -0.39 is 55.1 Å². The fraction of sp³-hybridized carbons (Fsp3) is 0.529. The molecule has 1 aliphatic heterocycles. The first kappa shape index (κ1) is 32.6. The second kappa shape index (κ2) is 11.3. The molecule has 1 saturated heterocycles. The number of hydrogen-bond donors (Lipinski definition) is 5. The second-order valence-electron chi connectivity index (χ2n) is 14.3. The summed E-state index contributed by atoms with van der Waals surface area (Å²) >= 11 is 0. The van der Waals surface area contributed by atoms with Crippen LogP contribution in [0.15, 0.2) is 60.5 Å². The van der Waals surface area contributed by atoms with Gasteiger partial charge in [-0.05, 0) is 67.4 Å². The standard InChI is InChI=1S/C34H41N2O10P/c1-32-9-7-23(38)12-22(32)5-6-24-25-13-29-34(28(40)18-44-47(41,42)43,33(25,2)14-27(39)30(24)32)46-31(45-29)20-8-10-36(16-20)15-19-3-4-21(17-37)26(35)11-19/h3-4,7-12,16,24-25,27,29-31,37,39H,5-6,13-15,17-18,35H2,1-2H3,(H2,41,42,43)/t24-,25-,27-,29+,30+,31+,32-,33-,34+/m0/s1. The van der Waals surface area contributed by atoms with Crippen LogP contribution < -0.4 is 5.73 Å². The number of carbonyl (C=O) groups is 2. The molecule has 2 heterocycles. The Hall–Kier alpha value is -2.93. The van der Waals surface area contributed by atoms with Crippen molar-refractivity contribution in [1.29, 1.82) is 0 Å². The van der Waals surface area contributed by atoms with Crippen molar-refractivity contribution in [3.8, 4) is 0 Å². The van der Waals surface area contributed by atoms with Gasteiger partial charge in [-0.1, -0.05) is 37.6 Å². The Morgan fingerprint density at radius 3 is 2.74 bits per heavy atom. The molecule has 7 rings (SSSR count). The quantitative estimate of drug-likeness (QED) is 0.205. The van der Waals surface area contributed by atoms with E-state index in [1.807, 2.05) is 42.1 Å². The van der Waals surface area contributed by atoms with Crippen LogP contribution in [-0.2, 0) is 41.3 Å². The number of rotatable bonds is 8. The van der Waals surface area contributed by atoms with Gasteiger partial charge in [-0.15, -0.1) is 0 Å². The molecule has 4 fully saturated rings. The highest BCUT2D eigenvalue weighted by Crippen LogP contribution is 2.70. The molecule has 3 saturated carbocycles. The number of fused-ring (bicyclic) bond motifs is 7. The number of anilines is 1. The Kier molecular flexibility index (Phi) is 7.85. The van der Waals surface area contributed by atoms with Gasteiger partial charge in [0.2, 0.25) is 0 Å². The second-order valence-corrected chi connectivity index (χ2v) is 15.5. The number of Topliss-reactive ketones (excluding diaryl/α,β-unsaturated/α-hetero) is 1. The van der Waals surface area contributed by atoms with Gasteiger partial charge in [0, 0.05) is 52.5 Å². The molecule has 4 aliphatic carbocycles. The summed E-state index contributed by atoms with van der Waals surface area (Å²) in [5.74, 6) is -0.997. The maximum Gasteiger partial charge on any atom is 0.470 e. The van der Waals surface area contributed by atoms with Crippen LogP contribution in [0, 0.1) is 28.6 Å². The zero-order valence-electron chi connectivity index (χ0n) is 26.3. The average Bonchev–Trinajstić information content (AvgIpc) is 3.68. The monoisotopic (exact) mass is 668 g/mol. The van der Waals surface area contributed by atoms with Crippen LogP contribution in [0.2, 0.25) is 0 Å². The number of ether oxygens (including phenoxy) is 2. The molecule has 252 valence electrons. The fourth-order valence-corrected chi connectivity index (χ4v) is 10.0. The summed E-state index contributed by atoms with van der Waals surface area (Å²) in [6.45, 7) is 3.46. The predicted molar refractivity (Wildman–Crippen MR) is 168 cm³/mol. The minimum absolute atomic E-state index is 0.0156. The van der Waals surface area contributed by atoms with Gasteiger partial charge in [-0.3, -0.25) is 14.1 Å². The lowest BCUT2D eigenvalue weighted by Gasteiger charge is -2.59. The molecule has 2 aromatic rings. The van der Waals surface area contributed by atoms with E-state index in [1.54, 1.807) is 24.3 Å². The average molecular weight is 669 g/mol. The molecule has 1 aromatic heterocycles. The number of phosphoric ester groups is 1. The zero-order chi connectivity index (χ0) is 33.5. The molecule has 5 aliphatic rings. The third-order valence-corrected chi connectivity index (χ3v) is 12.3. The number of nitrogens with two attached hydrogens (primary N) is 1. The largest absolute Gasteiger partial charge is 0.470 e. The number of carbonyl (C=O) groups excluding carboxylic acids is 2. The third kappa shape index (κ3) is 5.12. The lowest BCUT2D eigenvalue weighted by molar-refractivity contribution is -0.200. The predicted octanol–water partition coefficient (Wildman–Crippen LogP) is 3.33. The van der Waals surface area contributed by atoms with E-state index in [0.29, 0.717) is 36.2 Å². The number of benzene rings is 1. The van der Waals surface area contributed by atoms with Gasteiger partial charge in [0.15, 0.2) is 23.5 Å². The van der Waals surface area contributed by atoms with E-state index in [-0.39, 0.29) is 36.6 Å². The van der Waals surface area contributed by atoms with E-state index >= 15 is 0 Å². The lowest BCUT2D eigenvalue weighted by Crippen LogP contribution is -2.63. The van der Waals surface area contributed by atoms with Gasteiger partial charge in [0.05, 0.1) is 18.8 Å². The van der Waals surface area contributed by atoms with Crippen molar-refractivity contribution in [3.63, 3.8) is 0 Å². The number of hydrogen-bond acceptors (Lipinski definition) is 9. The van der Waals surface area contributed by atoms with Crippen LogP contribution in [-0.4, -0.2) is 60.5 Å². The van der Waals surface area contributed by atoms with Crippen molar-refractivity contribution in [2.45, 2.75) is 76.8 Å². The molecule has 0 bridgehead atoms. The van der Waals surface area contributed by atoms with E-state index in [4.69, 9.17) is 19.7 Å². The van der Waals surface area contributed by atoms with Crippen molar-refractivity contribution < 1.29 is 48.2 Å². The summed E-state index contributed by atoms with van der Waals surface area (Å²) in [5, 5.41) is 21.3. The number of phosphoric acid groups is 1. The van der Waals surface area contributed by atoms with Crippen molar-refractivity contribution in [2.24, 2.45) is 28.6 Å². The summed E-state index contributed by atoms with van der Waals surface area (Å²) in [6, 6.07) is 7.31. The third-order valence-electron chi connectivity index (χ3n) is 11.8. The zero-order valence-corrected chi connectivity index (χ0v) is 27.2. The summed E-state index contributed by atoms with van der Waals surface area (Å²) in [6.07, 6.45) is 8.41. The Bertz CT molecular complexity index is 1730. The van der Waals surface area contributed by atoms with Crippen LogP contribution in [0.3, 0.4) is 0 Å². The summed E-state index contributed by atoms with van der Waals surface area (Å²) in [4.78, 5) is 45.4. The first-order chi connectivity index (χ1) is 22.2. The molecule has 9 atom stereocenters. The first-order valence-corrected chi connectivity index (χ1v) is 17.5. The molecular formula is C34H41N2O10P. The molecule has 13 heteroatoms. The molecule has 0 unspecified atom stereocenters. The Morgan fingerprint density at radius 1 is 1.23 bits per heavy atom. The van der Waals surface area contributed by atoms with Gasteiger partial charge in [0.25, 0.3) is 0 Å². The Balaban J connectivity index is 1.20. The maximum atomic E-state index is 14.2. The van der Waals surface area contributed by atoms with Crippen molar-refractivity contribution >= 4 is 25.1 Å². The molecule has 12 nitrogen and oxygen atoms in total. The minimum atomic E-state index is -4.97. The van der Waals surface area contributed by atoms with Gasteiger partial charge in [-0.2, -0.15) is 0 Å². The Labute approximate surface area is 272 Å². The van der Waals surface area contributed by atoms with E-state index in [1.165, 1.54) is 0 Å². The highest BCUT2D eigenvalue weighted by molar-refractivity contribution is 7.46.